The van der Waals surface area contributed by atoms with Gasteiger partial charge in [-0.3, -0.25) is 0 Å². The number of unbranched alkanes of at least 4 members (excludes halogenated alkanes) is 1. The van der Waals surface area contributed by atoms with E-state index in [0.717, 1.165) is 29.8 Å². The van der Waals surface area contributed by atoms with Crippen molar-refractivity contribution in [2.24, 2.45) is 16.8 Å². The van der Waals surface area contributed by atoms with Gasteiger partial charge in [0.25, 0.3) is 0 Å². The van der Waals surface area contributed by atoms with Crippen LogP contribution in [-0.2, 0) is 0 Å². The number of nitrogens with zero attached hydrogens (tertiary/aromatic N) is 1. The second kappa shape index (κ2) is 9.12. The lowest BCUT2D eigenvalue weighted by atomic mass is 9.68. The molecule has 0 saturated heterocycles. The SMILES string of the molecule is C=C1C=NC(=C2CC(C3CCC3)C(C)c3cc(C(C)C)ccc3C2CCCC)NC1. The summed E-state index contributed by atoms with van der Waals surface area (Å²) in [7, 11) is 0. The zero-order valence-electron chi connectivity index (χ0n) is 19.5. The largest absolute Gasteiger partial charge is 0.366 e. The molecule has 4 rings (SSSR count). The van der Waals surface area contributed by atoms with E-state index in [1.165, 1.54) is 50.5 Å². The van der Waals surface area contributed by atoms with E-state index < -0.39 is 0 Å². The lowest BCUT2D eigenvalue weighted by Gasteiger charge is -2.37. The van der Waals surface area contributed by atoms with Gasteiger partial charge in [0.2, 0.25) is 0 Å². The van der Waals surface area contributed by atoms with Gasteiger partial charge in [-0.15, -0.1) is 0 Å². The van der Waals surface area contributed by atoms with Crippen molar-refractivity contribution >= 4 is 6.21 Å². The molecule has 1 saturated carbocycles. The molecule has 1 aromatic rings. The number of benzene rings is 1. The highest BCUT2D eigenvalue weighted by Crippen LogP contribution is 2.52. The third-order valence-electron chi connectivity index (χ3n) is 7.93. The molecule has 2 aliphatic carbocycles. The van der Waals surface area contributed by atoms with Gasteiger partial charge < -0.3 is 5.32 Å². The Balaban J connectivity index is 1.86. The molecule has 2 heteroatoms. The monoisotopic (exact) mass is 404 g/mol. The molecule has 30 heavy (non-hydrogen) atoms. The van der Waals surface area contributed by atoms with Crippen LogP contribution in [0.25, 0.3) is 0 Å². The van der Waals surface area contributed by atoms with Gasteiger partial charge in [0.15, 0.2) is 0 Å². The first-order valence-corrected chi connectivity index (χ1v) is 12.3. The summed E-state index contributed by atoms with van der Waals surface area (Å²) in [5.41, 5.74) is 7.32. The summed E-state index contributed by atoms with van der Waals surface area (Å²) >= 11 is 0. The van der Waals surface area contributed by atoms with E-state index in [0.29, 0.717) is 17.8 Å². The summed E-state index contributed by atoms with van der Waals surface area (Å²) in [6.07, 6.45) is 11.1. The standard InChI is InChI=1S/C28H40N2/c1-6-7-11-23-24-13-12-22(18(2)3)14-26(24)20(5)25(21-9-8-10-21)15-27(23)28-29-16-19(4)17-30-28/h12-14,16,18,20-21,23,25,30H,4,6-11,15,17H2,1-3,5H3. The molecule has 0 amide bonds. The predicted octanol–water partition coefficient (Wildman–Crippen LogP) is 7.45. The van der Waals surface area contributed by atoms with Crippen LogP contribution in [0.4, 0.5) is 0 Å². The summed E-state index contributed by atoms with van der Waals surface area (Å²) in [6.45, 7) is 14.4. The molecule has 1 aromatic carbocycles. The Labute approximate surface area is 184 Å². The highest BCUT2D eigenvalue weighted by molar-refractivity contribution is 5.80. The molecule has 0 bridgehead atoms. The van der Waals surface area contributed by atoms with E-state index in [1.54, 1.807) is 16.7 Å². The van der Waals surface area contributed by atoms with E-state index in [4.69, 9.17) is 4.99 Å². The normalized spacial score (nSPS) is 29.4. The van der Waals surface area contributed by atoms with Gasteiger partial charge in [-0.1, -0.05) is 84.6 Å². The minimum Gasteiger partial charge on any atom is -0.366 e. The van der Waals surface area contributed by atoms with Gasteiger partial charge in [0.1, 0.15) is 5.82 Å². The molecule has 2 nitrogen and oxygen atoms in total. The van der Waals surface area contributed by atoms with E-state index in [2.05, 4.69) is 57.8 Å². The lowest BCUT2D eigenvalue weighted by Crippen LogP contribution is -2.28. The molecule has 3 atom stereocenters. The van der Waals surface area contributed by atoms with Gasteiger partial charge in [0, 0.05) is 18.7 Å². The van der Waals surface area contributed by atoms with Crippen molar-refractivity contribution in [1.82, 2.24) is 5.32 Å². The maximum absolute atomic E-state index is 4.86. The van der Waals surface area contributed by atoms with Crippen LogP contribution >= 0.6 is 0 Å². The summed E-state index contributed by atoms with van der Waals surface area (Å²) in [5.74, 6) is 4.43. The average Bonchev–Trinajstić information content (AvgIpc) is 2.81. The first kappa shape index (κ1) is 21.4. The Morgan fingerprint density at radius 3 is 2.60 bits per heavy atom. The molecule has 1 aliphatic heterocycles. The van der Waals surface area contributed by atoms with Gasteiger partial charge in [-0.25, -0.2) is 4.99 Å². The Kier molecular flexibility index (Phi) is 6.51. The number of hydrogen-bond acceptors (Lipinski definition) is 2. The van der Waals surface area contributed by atoms with Crippen LogP contribution in [0.3, 0.4) is 0 Å². The van der Waals surface area contributed by atoms with E-state index >= 15 is 0 Å². The molecule has 3 unspecified atom stereocenters. The van der Waals surface area contributed by atoms with Crippen molar-refractivity contribution < 1.29 is 0 Å². The predicted molar refractivity (Wildman–Crippen MR) is 129 cm³/mol. The van der Waals surface area contributed by atoms with Crippen molar-refractivity contribution in [3.8, 4) is 0 Å². The first-order valence-electron chi connectivity index (χ1n) is 12.3. The smallest absolute Gasteiger partial charge is 0.125 e. The summed E-state index contributed by atoms with van der Waals surface area (Å²) in [4.78, 5) is 4.86. The van der Waals surface area contributed by atoms with Crippen LogP contribution in [-0.4, -0.2) is 12.8 Å². The molecule has 162 valence electrons. The number of hydrogen-bond donors (Lipinski definition) is 1. The zero-order valence-corrected chi connectivity index (χ0v) is 19.5. The topological polar surface area (TPSA) is 24.4 Å². The van der Waals surface area contributed by atoms with Gasteiger partial charge >= 0.3 is 0 Å². The minimum atomic E-state index is 0.486. The highest BCUT2D eigenvalue weighted by atomic mass is 15.1. The minimum absolute atomic E-state index is 0.486. The fraction of sp³-hybridized carbons (Fsp3) is 0.607. The zero-order chi connectivity index (χ0) is 21.3. The molecule has 1 heterocycles. The maximum atomic E-state index is 4.86. The average molecular weight is 405 g/mol. The number of fused-ring (bicyclic) bond motifs is 1. The van der Waals surface area contributed by atoms with E-state index in [-0.39, 0.29) is 0 Å². The highest BCUT2D eigenvalue weighted by Gasteiger charge is 2.39. The van der Waals surface area contributed by atoms with Crippen LogP contribution < -0.4 is 5.32 Å². The Morgan fingerprint density at radius 1 is 1.20 bits per heavy atom. The van der Waals surface area contributed by atoms with Crippen LogP contribution in [0.2, 0.25) is 0 Å². The van der Waals surface area contributed by atoms with Crippen molar-refractivity contribution in [1.29, 1.82) is 0 Å². The molecule has 0 aromatic heterocycles. The third kappa shape index (κ3) is 4.15. The fourth-order valence-electron chi connectivity index (χ4n) is 5.74. The van der Waals surface area contributed by atoms with Crippen molar-refractivity contribution in [2.75, 3.05) is 6.54 Å². The number of nitrogens with one attached hydrogen (secondary N) is 1. The number of allylic oxidation sites excluding steroid dienone is 1. The van der Waals surface area contributed by atoms with E-state index in [9.17, 15) is 0 Å². The first-order chi connectivity index (χ1) is 14.5. The molecular formula is C28H40N2. The summed E-state index contributed by atoms with van der Waals surface area (Å²) < 4.78 is 0. The number of aliphatic imine (C=N–C) groups is 1. The quantitative estimate of drug-likeness (QED) is 0.506. The summed E-state index contributed by atoms with van der Waals surface area (Å²) in [5, 5.41) is 3.63. The molecule has 0 radical (unpaired) electrons. The molecule has 3 aliphatic rings. The maximum Gasteiger partial charge on any atom is 0.125 e. The van der Waals surface area contributed by atoms with Crippen molar-refractivity contribution in [3.05, 3.63) is 58.4 Å². The van der Waals surface area contributed by atoms with Gasteiger partial charge in [-0.05, 0) is 64.3 Å². The Hall–Kier alpha value is -1.83. The van der Waals surface area contributed by atoms with Crippen LogP contribution in [0.5, 0.6) is 0 Å². The molecular weight excluding hydrogens is 364 g/mol. The molecule has 1 fully saturated rings. The Morgan fingerprint density at radius 2 is 2.00 bits per heavy atom. The second-order valence-corrected chi connectivity index (χ2v) is 10.2. The molecule has 1 N–H and O–H groups in total. The van der Waals surface area contributed by atoms with Crippen molar-refractivity contribution in [2.45, 2.75) is 90.4 Å². The van der Waals surface area contributed by atoms with Crippen LogP contribution in [0.15, 0.2) is 46.7 Å². The van der Waals surface area contributed by atoms with E-state index in [1.807, 2.05) is 6.21 Å². The number of rotatable bonds is 5. The van der Waals surface area contributed by atoms with Crippen LogP contribution in [0.1, 0.15) is 107 Å². The Bertz CT molecular complexity index is 840. The fourth-order valence-corrected chi connectivity index (χ4v) is 5.74. The molecule has 0 spiro atoms. The third-order valence-corrected chi connectivity index (χ3v) is 7.93. The van der Waals surface area contributed by atoms with Crippen LogP contribution in [0, 0.1) is 11.8 Å². The summed E-state index contributed by atoms with van der Waals surface area (Å²) in [6, 6.07) is 7.42. The second-order valence-electron chi connectivity index (χ2n) is 10.2. The van der Waals surface area contributed by atoms with Crippen molar-refractivity contribution in [3.63, 3.8) is 0 Å². The lowest BCUT2D eigenvalue weighted by molar-refractivity contribution is 0.181. The van der Waals surface area contributed by atoms with Gasteiger partial charge in [0.05, 0.1) is 0 Å². The van der Waals surface area contributed by atoms with Gasteiger partial charge in [-0.2, -0.15) is 0 Å².